The summed E-state index contributed by atoms with van der Waals surface area (Å²) in [5.74, 6) is -0.658. The number of hydrogen-bond donors (Lipinski definition) is 1. The summed E-state index contributed by atoms with van der Waals surface area (Å²) in [7, 11) is 0. The zero-order valence-corrected chi connectivity index (χ0v) is 29.0. The topological polar surface area (TPSA) is 37.3 Å². The van der Waals surface area contributed by atoms with Gasteiger partial charge in [-0.2, -0.15) is 0 Å². The Morgan fingerprint density at radius 3 is 0.977 bits per heavy atom. The van der Waals surface area contributed by atoms with Gasteiger partial charge in [0.2, 0.25) is 0 Å². The van der Waals surface area contributed by atoms with Crippen molar-refractivity contribution in [2.75, 3.05) is 6.16 Å². The summed E-state index contributed by atoms with van der Waals surface area (Å²) in [6.45, 7) is 0. The third-order valence-corrected chi connectivity index (χ3v) is 19.1. The second-order valence-corrected chi connectivity index (χ2v) is 21.5. The van der Waals surface area contributed by atoms with Crippen LogP contribution in [0.25, 0.3) is 0 Å². The van der Waals surface area contributed by atoms with Crippen molar-refractivity contribution in [1.82, 2.24) is 0 Å². The van der Waals surface area contributed by atoms with Crippen molar-refractivity contribution >= 4 is 42.7 Å². The first kappa shape index (κ1) is 35.5. The molecule has 0 saturated heterocycles. The molecule has 1 N–H and O–H groups in total. The fourth-order valence-electron chi connectivity index (χ4n) is 6.56. The van der Waals surface area contributed by atoms with Crippen molar-refractivity contribution in [3.63, 3.8) is 0 Å². The molecule has 2 nitrogen and oxygen atoms in total. The van der Waals surface area contributed by atoms with Crippen LogP contribution in [0, 0.1) is 0 Å². The van der Waals surface area contributed by atoms with Gasteiger partial charge < -0.3 is 5.11 Å². The van der Waals surface area contributed by atoms with Crippen molar-refractivity contribution in [3.05, 3.63) is 91.0 Å². The molecule has 43 heavy (non-hydrogen) atoms. The van der Waals surface area contributed by atoms with Crippen molar-refractivity contribution in [2.45, 2.75) is 122 Å². The standard InChI is InChI=1S/C39H56BrO2P/c40-43(36-28-20-17-21-29-36,37-30-22-18-23-31-37,38-32-24-19-25-33-38)35-27-16-14-12-10-8-6-4-2-1-3-5-7-9-11-13-15-26-34-39(41)42/h17-25,28-33H,1-16,26-27,34-35H2,(H,41,42). The number of unbranched alkanes of at least 4 members (excludes halogenated alkanes) is 17. The molecule has 0 aliphatic rings. The molecule has 0 atom stereocenters. The van der Waals surface area contributed by atoms with E-state index in [4.69, 9.17) is 5.11 Å². The number of carbonyl (C=O) groups is 1. The monoisotopic (exact) mass is 666 g/mol. The molecule has 0 aliphatic heterocycles. The van der Waals surface area contributed by atoms with E-state index in [1.807, 2.05) is 0 Å². The Kier molecular flexibility index (Phi) is 16.6. The van der Waals surface area contributed by atoms with Crippen LogP contribution in [-0.4, -0.2) is 17.2 Å². The number of carboxylic acids is 1. The number of rotatable bonds is 24. The summed E-state index contributed by atoms with van der Waals surface area (Å²) in [6.07, 6.45) is 24.8. The summed E-state index contributed by atoms with van der Waals surface area (Å²) in [4.78, 5) is 10.5. The molecule has 0 fully saturated rings. The molecule has 0 amide bonds. The van der Waals surface area contributed by atoms with Gasteiger partial charge in [0.15, 0.2) is 0 Å². The van der Waals surface area contributed by atoms with Gasteiger partial charge in [-0.3, -0.25) is 4.79 Å². The first-order valence-corrected chi connectivity index (χ1v) is 21.6. The van der Waals surface area contributed by atoms with Crippen LogP contribution in [0.15, 0.2) is 91.0 Å². The van der Waals surface area contributed by atoms with Gasteiger partial charge in [-0.25, -0.2) is 0 Å². The second kappa shape index (κ2) is 20.1. The van der Waals surface area contributed by atoms with Crippen LogP contribution in [0.1, 0.15) is 122 Å². The van der Waals surface area contributed by atoms with E-state index >= 15 is 0 Å². The molecule has 0 unspecified atom stereocenters. The van der Waals surface area contributed by atoms with Gasteiger partial charge in [-0.05, 0) is 6.42 Å². The number of halogens is 1. The van der Waals surface area contributed by atoms with E-state index in [1.54, 1.807) is 0 Å². The van der Waals surface area contributed by atoms with Gasteiger partial charge in [-0.1, -0.05) is 38.5 Å². The van der Waals surface area contributed by atoms with E-state index < -0.39 is 11.3 Å². The van der Waals surface area contributed by atoms with Crippen LogP contribution >= 0.6 is 20.8 Å². The SMILES string of the molecule is O=C(O)CCCCCCCCCCCCCCCCCCCCP(Br)(c1ccccc1)(c1ccccc1)c1ccccc1. The Labute approximate surface area is 270 Å². The molecular weight excluding hydrogens is 611 g/mol. The average Bonchev–Trinajstić information content (AvgIpc) is 3.05. The molecule has 0 radical (unpaired) electrons. The Morgan fingerprint density at radius 2 is 0.698 bits per heavy atom. The van der Waals surface area contributed by atoms with Gasteiger partial charge in [-0.15, -0.1) is 0 Å². The van der Waals surface area contributed by atoms with Crippen LogP contribution in [0.3, 0.4) is 0 Å². The summed E-state index contributed by atoms with van der Waals surface area (Å²) in [6, 6.07) is 33.6. The molecule has 0 saturated carbocycles. The van der Waals surface area contributed by atoms with Crippen LogP contribution in [0.4, 0.5) is 0 Å². The van der Waals surface area contributed by atoms with Crippen LogP contribution < -0.4 is 15.9 Å². The average molecular weight is 668 g/mol. The van der Waals surface area contributed by atoms with E-state index in [0.29, 0.717) is 6.42 Å². The molecule has 236 valence electrons. The minimum atomic E-state index is -2.76. The predicted octanol–water partition coefficient (Wildman–Crippen LogP) is 11.3. The minimum absolute atomic E-state index is 0.332. The van der Waals surface area contributed by atoms with E-state index in [1.165, 1.54) is 119 Å². The van der Waals surface area contributed by atoms with Crippen LogP contribution in [0.5, 0.6) is 0 Å². The molecule has 0 heterocycles. The van der Waals surface area contributed by atoms with Crippen LogP contribution in [0.2, 0.25) is 0 Å². The zero-order valence-electron chi connectivity index (χ0n) is 26.5. The number of benzene rings is 3. The van der Waals surface area contributed by atoms with Crippen molar-refractivity contribution in [2.24, 2.45) is 0 Å². The predicted molar refractivity (Wildman–Crippen MR) is 194 cm³/mol. The summed E-state index contributed by atoms with van der Waals surface area (Å²) < 4.78 is 0. The van der Waals surface area contributed by atoms with E-state index in [-0.39, 0.29) is 0 Å². The van der Waals surface area contributed by atoms with Gasteiger partial charge in [0.1, 0.15) is 0 Å². The molecule has 0 spiro atoms. The fraction of sp³-hybridized carbons (Fsp3) is 0.513. The van der Waals surface area contributed by atoms with Crippen LogP contribution in [-0.2, 0) is 4.79 Å². The van der Waals surface area contributed by atoms with Gasteiger partial charge in [0.05, 0.1) is 0 Å². The number of hydrogen-bond acceptors (Lipinski definition) is 1. The Hall–Kier alpha value is -1.96. The van der Waals surface area contributed by atoms with Crippen molar-refractivity contribution in [1.29, 1.82) is 0 Å². The third-order valence-electron chi connectivity index (χ3n) is 9.10. The summed E-state index contributed by atoms with van der Waals surface area (Å²) in [5.41, 5.74) is 0. The molecule has 3 aromatic carbocycles. The maximum atomic E-state index is 10.5. The zero-order chi connectivity index (χ0) is 30.5. The normalized spacial score (nSPS) is 12.5. The number of carboxylic acid groups (broad SMARTS) is 1. The molecular formula is C39H56BrO2P. The summed E-state index contributed by atoms with van der Waals surface area (Å²) in [5, 5.41) is 10.2. The fourth-order valence-corrected chi connectivity index (χ4v) is 14.3. The van der Waals surface area contributed by atoms with E-state index in [0.717, 1.165) is 19.0 Å². The molecule has 4 heteroatoms. The van der Waals surface area contributed by atoms with E-state index in [2.05, 4.69) is 106 Å². The maximum absolute atomic E-state index is 10.5. The van der Waals surface area contributed by atoms with Gasteiger partial charge in [0.25, 0.3) is 0 Å². The Bertz CT molecular complexity index is 1040. The Morgan fingerprint density at radius 1 is 0.442 bits per heavy atom. The Balaban J connectivity index is 1.31. The molecule has 3 rings (SSSR count). The third kappa shape index (κ3) is 11.5. The van der Waals surface area contributed by atoms with Crippen molar-refractivity contribution < 1.29 is 9.90 Å². The quantitative estimate of drug-likeness (QED) is 0.0763. The molecule has 0 aliphatic carbocycles. The second-order valence-electron chi connectivity index (χ2n) is 12.4. The molecule has 0 aromatic heterocycles. The molecule has 0 bridgehead atoms. The summed E-state index contributed by atoms with van der Waals surface area (Å²) >= 11 is 4.59. The van der Waals surface area contributed by atoms with Crippen molar-refractivity contribution in [3.8, 4) is 0 Å². The van der Waals surface area contributed by atoms with E-state index in [9.17, 15) is 4.79 Å². The number of aliphatic carboxylic acids is 1. The molecule has 3 aromatic rings. The van der Waals surface area contributed by atoms with Gasteiger partial charge in [0, 0.05) is 6.42 Å². The van der Waals surface area contributed by atoms with Gasteiger partial charge >= 0.3 is 210 Å². The first-order chi connectivity index (χ1) is 21.1. The first-order valence-electron chi connectivity index (χ1n) is 17.2.